The van der Waals surface area contributed by atoms with Crippen LogP contribution in [0.1, 0.15) is 42.0 Å². The van der Waals surface area contributed by atoms with Crippen LogP contribution in [-0.4, -0.2) is 10.1 Å². The predicted octanol–water partition coefficient (Wildman–Crippen LogP) is 2.99. The summed E-state index contributed by atoms with van der Waals surface area (Å²) in [5, 5.41) is 10.9. The first-order chi connectivity index (χ1) is 10.1. The number of pyridine rings is 1. The van der Waals surface area contributed by atoms with E-state index in [1.54, 1.807) is 6.20 Å². The number of nitrogens with zero attached hydrogens (tertiary/aromatic N) is 1. The van der Waals surface area contributed by atoms with Gasteiger partial charge in [0.25, 0.3) is 0 Å². The van der Waals surface area contributed by atoms with Gasteiger partial charge < -0.3 is 10.8 Å². The van der Waals surface area contributed by atoms with Crippen LogP contribution in [0.5, 0.6) is 0 Å². The minimum atomic E-state index is -0.927. The van der Waals surface area contributed by atoms with Gasteiger partial charge in [-0.05, 0) is 60.9 Å². The van der Waals surface area contributed by atoms with Crippen molar-refractivity contribution < 1.29 is 5.11 Å². The molecule has 0 fully saturated rings. The minimum Gasteiger partial charge on any atom is -0.385 e. The molecule has 3 heteroatoms. The lowest BCUT2D eigenvalue weighted by Gasteiger charge is -2.26. The molecule has 0 radical (unpaired) electrons. The van der Waals surface area contributed by atoms with E-state index in [4.69, 9.17) is 5.73 Å². The monoisotopic (exact) mass is 282 g/mol. The van der Waals surface area contributed by atoms with Gasteiger partial charge in [-0.2, -0.15) is 0 Å². The summed E-state index contributed by atoms with van der Waals surface area (Å²) in [6, 6.07) is 10.2. The summed E-state index contributed by atoms with van der Waals surface area (Å²) in [7, 11) is 0. The van der Waals surface area contributed by atoms with Crippen molar-refractivity contribution in [3.05, 3.63) is 58.8 Å². The lowest BCUT2D eigenvalue weighted by molar-refractivity contribution is 0.0576. The third-order valence-corrected chi connectivity index (χ3v) is 4.43. The van der Waals surface area contributed by atoms with Crippen molar-refractivity contribution in [3.63, 3.8) is 0 Å². The summed E-state index contributed by atoms with van der Waals surface area (Å²) in [5.41, 5.74) is 9.64. The van der Waals surface area contributed by atoms with Gasteiger partial charge in [0, 0.05) is 12.6 Å². The minimum absolute atomic E-state index is 0.478. The van der Waals surface area contributed by atoms with Crippen LogP contribution in [-0.2, 0) is 24.9 Å². The smallest absolute Gasteiger partial charge is 0.126 e. The number of aliphatic hydroxyl groups is 1. The van der Waals surface area contributed by atoms with E-state index < -0.39 is 5.60 Å². The van der Waals surface area contributed by atoms with Crippen LogP contribution in [0.2, 0.25) is 0 Å². The molecule has 0 spiro atoms. The second-order valence-corrected chi connectivity index (χ2v) is 6.19. The maximum Gasteiger partial charge on any atom is 0.126 e. The number of anilines is 1. The predicted molar refractivity (Wildman–Crippen MR) is 85.0 cm³/mol. The van der Waals surface area contributed by atoms with Gasteiger partial charge in [0.1, 0.15) is 5.82 Å². The van der Waals surface area contributed by atoms with Gasteiger partial charge >= 0.3 is 0 Å². The zero-order valence-corrected chi connectivity index (χ0v) is 12.5. The Labute approximate surface area is 125 Å². The Morgan fingerprint density at radius 2 is 1.95 bits per heavy atom. The first-order valence-electron chi connectivity index (χ1n) is 7.60. The molecule has 0 aliphatic heterocycles. The largest absolute Gasteiger partial charge is 0.385 e. The first kappa shape index (κ1) is 14.1. The van der Waals surface area contributed by atoms with E-state index in [0.717, 1.165) is 24.0 Å². The third kappa shape index (κ3) is 2.93. The number of benzene rings is 1. The van der Waals surface area contributed by atoms with Crippen molar-refractivity contribution in [1.29, 1.82) is 0 Å². The van der Waals surface area contributed by atoms with Crippen molar-refractivity contribution in [2.75, 3.05) is 5.73 Å². The van der Waals surface area contributed by atoms with E-state index in [1.165, 1.54) is 24.0 Å². The van der Waals surface area contributed by atoms with Crippen LogP contribution in [0.25, 0.3) is 0 Å². The van der Waals surface area contributed by atoms with Gasteiger partial charge in [0.05, 0.1) is 5.60 Å². The number of aromatic nitrogens is 1. The highest BCUT2D eigenvalue weighted by molar-refractivity contribution is 5.42. The number of aryl methyl sites for hydroxylation is 2. The molecule has 2 aromatic rings. The average molecular weight is 282 g/mol. The number of hydrogen-bond donors (Lipinski definition) is 2. The third-order valence-electron chi connectivity index (χ3n) is 4.43. The fourth-order valence-electron chi connectivity index (χ4n) is 3.14. The van der Waals surface area contributed by atoms with Gasteiger partial charge in [-0.25, -0.2) is 4.98 Å². The topological polar surface area (TPSA) is 59.1 Å². The van der Waals surface area contributed by atoms with E-state index in [2.05, 4.69) is 23.2 Å². The van der Waals surface area contributed by atoms with Gasteiger partial charge in [0.15, 0.2) is 0 Å². The molecule has 1 atom stereocenters. The van der Waals surface area contributed by atoms with Crippen LogP contribution >= 0.6 is 0 Å². The number of nitrogens with two attached hydrogens (primary N) is 1. The van der Waals surface area contributed by atoms with Gasteiger partial charge in [-0.3, -0.25) is 0 Å². The fraction of sp³-hybridized carbons (Fsp3) is 0.389. The molecule has 110 valence electrons. The number of rotatable bonds is 3. The Balaban J connectivity index is 1.89. The Morgan fingerprint density at radius 1 is 1.19 bits per heavy atom. The van der Waals surface area contributed by atoms with Crippen molar-refractivity contribution in [2.24, 2.45) is 0 Å². The standard InChI is InChI=1S/C18H22N2O/c1-18(21,12-15-7-4-10-20-17(15)19)16-9-8-13-5-2-3-6-14(13)11-16/h4,7-11,21H,2-3,5-6,12H2,1H3,(H2,19,20). The van der Waals surface area contributed by atoms with Crippen LogP contribution in [0.4, 0.5) is 5.82 Å². The fourth-order valence-corrected chi connectivity index (χ4v) is 3.14. The highest BCUT2D eigenvalue weighted by Crippen LogP contribution is 2.30. The quantitative estimate of drug-likeness (QED) is 0.910. The number of fused-ring (bicyclic) bond motifs is 1. The Hall–Kier alpha value is -1.87. The highest BCUT2D eigenvalue weighted by atomic mass is 16.3. The Bertz CT molecular complexity index is 649. The molecule has 21 heavy (non-hydrogen) atoms. The molecule has 0 bridgehead atoms. The molecule has 0 saturated heterocycles. The molecule has 3 nitrogen and oxygen atoms in total. The van der Waals surface area contributed by atoms with Crippen LogP contribution in [0.3, 0.4) is 0 Å². The second-order valence-electron chi connectivity index (χ2n) is 6.19. The van der Waals surface area contributed by atoms with E-state index in [-0.39, 0.29) is 0 Å². The normalized spacial score (nSPS) is 17.0. The van der Waals surface area contributed by atoms with E-state index in [9.17, 15) is 5.11 Å². The van der Waals surface area contributed by atoms with Crippen molar-refractivity contribution in [2.45, 2.75) is 44.6 Å². The summed E-state index contributed by atoms with van der Waals surface area (Å²) >= 11 is 0. The molecular weight excluding hydrogens is 260 g/mol. The molecule has 1 unspecified atom stereocenters. The van der Waals surface area contributed by atoms with Crippen LogP contribution in [0, 0.1) is 0 Å². The molecule has 1 aromatic carbocycles. The molecule has 3 N–H and O–H groups in total. The zero-order valence-electron chi connectivity index (χ0n) is 12.5. The van der Waals surface area contributed by atoms with Gasteiger partial charge in [-0.1, -0.05) is 24.3 Å². The van der Waals surface area contributed by atoms with Gasteiger partial charge in [0.2, 0.25) is 0 Å². The molecule has 0 amide bonds. The molecular formula is C18H22N2O. The lowest BCUT2D eigenvalue weighted by atomic mass is 9.84. The Morgan fingerprint density at radius 3 is 2.71 bits per heavy atom. The number of hydrogen-bond acceptors (Lipinski definition) is 3. The summed E-state index contributed by atoms with van der Waals surface area (Å²) in [4.78, 5) is 4.09. The lowest BCUT2D eigenvalue weighted by Crippen LogP contribution is -2.25. The molecule has 1 heterocycles. The zero-order chi connectivity index (χ0) is 14.9. The Kier molecular flexibility index (Phi) is 3.68. The maximum absolute atomic E-state index is 10.9. The van der Waals surface area contributed by atoms with Crippen molar-refractivity contribution in [1.82, 2.24) is 4.98 Å². The molecule has 1 aliphatic carbocycles. The molecule has 1 aliphatic rings. The summed E-state index contributed by atoms with van der Waals surface area (Å²) in [5.74, 6) is 0.496. The van der Waals surface area contributed by atoms with E-state index in [1.807, 2.05) is 19.1 Å². The van der Waals surface area contributed by atoms with Crippen molar-refractivity contribution >= 4 is 5.82 Å². The van der Waals surface area contributed by atoms with E-state index >= 15 is 0 Å². The SMILES string of the molecule is CC(O)(Cc1cccnc1N)c1ccc2c(c1)CCCC2. The maximum atomic E-state index is 10.9. The van der Waals surface area contributed by atoms with Crippen LogP contribution in [0.15, 0.2) is 36.5 Å². The van der Waals surface area contributed by atoms with E-state index in [0.29, 0.717) is 12.2 Å². The van der Waals surface area contributed by atoms with Crippen molar-refractivity contribution in [3.8, 4) is 0 Å². The molecule has 3 rings (SSSR count). The first-order valence-corrected chi connectivity index (χ1v) is 7.60. The summed E-state index contributed by atoms with van der Waals surface area (Å²) in [6.07, 6.45) is 6.95. The summed E-state index contributed by atoms with van der Waals surface area (Å²) < 4.78 is 0. The van der Waals surface area contributed by atoms with Gasteiger partial charge in [-0.15, -0.1) is 0 Å². The molecule has 1 aromatic heterocycles. The van der Waals surface area contributed by atoms with Crippen LogP contribution < -0.4 is 5.73 Å². The second kappa shape index (κ2) is 5.49. The average Bonchev–Trinajstić information content (AvgIpc) is 2.49. The molecule has 0 saturated carbocycles. The highest BCUT2D eigenvalue weighted by Gasteiger charge is 2.26. The number of nitrogen functional groups attached to an aromatic ring is 1. The summed E-state index contributed by atoms with van der Waals surface area (Å²) in [6.45, 7) is 1.85.